The van der Waals surface area contributed by atoms with Crippen LogP contribution in [0.4, 0.5) is 0 Å². The van der Waals surface area contributed by atoms with Gasteiger partial charge in [-0.25, -0.2) is 13.1 Å². The lowest BCUT2D eigenvalue weighted by Gasteiger charge is -2.10. The summed E-state index contributed by atoms with van der Waals surface area (Å²) in [6.07, 6.45) is 1.11. The van der Waals surface area contributed by atoms with Gasteiger partial charge in [0.25, 0.3) is 0 Å². The van der Waals surface area contributed by atoms with Crippen LogP contribution in [0.2, 0.25) is 0 Å². The van der Waals surface area contributed by atoms with Crippen molar-refractivity contribution in [2.24, 2.45) is 5.92 Å². The van der Waals surface area contributed by atoms with Gasteiger partial charge in [0.2, 0.25) is 10.0 Å². The van der Waals surface area contributed by atoms with E-state index < -0.39 is 10.0 Å². The second-order valence-electron chi connectivity index (χ2n) is 4.74. The fourth-order valence-corrected chi connectivity index (χ4v) is 6.15. The topological polar surface area (TPSA) is 58.2 Å². The highest BCUT2D eigenvalue weighted by molar-refractivity contribution is 7.99. The fraction of sp³-hybridized carbons (Fsp3) is 0.667. The normalized spacial score (nSPS) is 20.0. The molecule has 0 amide bonds. The number of aryl methyl sites for hydroxylation is 1. The molecule has 1 fully saturated rings. The second-order valence-corrected chi connectivity index (χ2v) is 8.97. The summed E-state index contributed by atoms with van der Waals surface area (Å²) in [4.78, 5) is 2.35. The summed E-state index contributed by atoms with van der Waals surface area (Å²) in [5, 5.41) is 3.05. The predicted molar refractivity (Wildman–Crippen MR) is 82.4 cm³/mol. The molecule has 0 aromatic carbocycles. The Hall–Kier alpha value is -0.0800. The van der Waals surface area contributed by atoms with Crippen LogP contribution < -0.4 is 10.0 Å². The number of thiophene rings is 1. The van der Waals surface area contributed by atoms with Crippen LogP contribution >= 0.6 is 23.1 Å². The van der Waals surface area contributed by atoms with Crippen molar-refractivity contribution < 1.29 is 8.42 Å². The van der Waals surface area contributed by atoms with Crippen molar-refractivity contribution in [2.75, 3.05) is 25.1 Å². The van der Waals surface area contributed by atoms with Crippen LogP contribution in [-0.4, -0.2) is 33.5 Å². The standard InChI is InChI=1S/C12H20N2O2S3/c1-9-12(5-11(18-9)7-13-2)19(15,16)14-6-10-3-4-17-8-10/h5,10,13-14H,3-4,6-8H2,1-2H3. The molecule has 1 aromatic heterocycles. The Labute approximate surface area is 123 Å². The molecule has 0 radical (unpaired) electrons. The minimum Gasteiger partial charge on any atom is -0.315 e. The highest BCUT2D eigenvalue weighted by Crippen LogP contribution is 2.27. The summed E-state index contributed by atoms with van der Waals surface area (Å²) < 4.78 is 27.3. The summed E-state index contributed by atoms with van der Waals surface area (Å²) >= 11 is 3.44. The van der Waals surface area contributed by atoms with Crippen LogP contribution in [0.3, 0.4) is 0 Å². The van der Waals surface area contributed by atoms with Gasteiger partial charge in [-0.3, -0.25) is 0 Å². The first-order chi connectivity index (χ1) is 9.03. The number of sulfonamides is 1. The minimum atomic E-state index is -3.35. The molecule has 4 nitrogen and oxygen atoms in total. The first-order valence-electron chi connectivity index (χ1n) is 6.34. The van der Waals surface area contributed by atoms with Crippen molar-refractivity contribution in [1.82, 2.24) is 10.0 Å². The van der Waals surface area contributed by atoms with Crippen LogP contribution in [0.1, 0.15) is 16.2 Å². The van der Waals surface area contributed by atoms with Gasteiger partial charge < -0.3 is 5.32 Å². The van der Waals surface area contributed by atoms with E-state index in [-0.39, 0.29) is 0 Å². The molecule has 1 aliphatic rings. The van der Waals surface area contributed by atoms with E-state index in [9.17, 15) is 8.42 Å². The number of nitrogens with one attached hydrogen (secondary N) is 2. The molecular weight excluding hydrogens is 300 g/mol. The third-order valence-electron chi connectivity index (χ3n) is 3.15. The molecule has 2 rings (SSSR count). The van der Waals surface area contributed by atoms with Gasteiger partial charge in [0, 0.05) is 22.8 Å². The van der Waals surface area contributed by atoms with Gasteiger partial charge in [-0.05, 0) is 43.9 Å². The lowest BCUT2D eigenvalue weighted by Crippen LogP contribution is -2.29. The van der Waals surface area contributed by atoms with Gasteiger partial charge in [-0.1, -0.05) is 0 Å². The summed E-state index contributed by atoms with van der Waals surface area (Å²) in [6, 6.07) is 1.78. The monoisotopic (exact) mass is 320 g/mol. The van der Waals surface area contributed by atoms with Gasteiger partial charge in [-0.2, -0.15) is 11.8 Å². The zero-order chi connectivity index (χ0) is 13.9. The van der Waals surface area contributed by atoms with E-state index in [1.807, 2.05) is 25.7 Å². The Morgan fingerprint density at radius 2 is 2.26 bits per heavy atom. The Morgan fingerprint density at radius 1 is 1.47 bits per heavy atom. The SMILES string of the molecule is CNCc1cc(S(=O)(=O)NCC2CCSC2)c(C)s1. The Kier molecular flexibility index (Phi) is 5.30. The molecule has 1 aliphatic heterocycles. The molecule has 1 saturated heterocycles. The average Bonchev–Trinajstić information content (AvgIpc) is 2.97. The Bertz CT molecular complexity index is 519. The third kappa shape index (κ3) is 3.95. The Morgan fingerprint density at radius 3 is 2.89 bits per heavy atom. The zero-order valence-corrected chi connectivity index (χ0v) is 13.7. The quantitative estimate of drug-likeness (QED) is 0.839. The van der Waals surface area contributed by atoms with Crippen LogP contribution in [-0.2, 0) is 16.6 Å². The van der Waals surface area contributed by atoms with Crippen molar-refractivity contribution in [3.8, 4) is 0 Å². The summed E-state index contributed by atoms with van der Waals surface area (Å²) in [5.74, 6) is 2.70. The zero-order valence-electron chi connectivity index (χ0n) is 11.2. The molecule has 108 valence electrons. The van der Waals surface area contributed by atoms with Crippen molar-refractivity contribution in [1.29, 1.82) is 0 Å². The molecule has 2 N–H and O–H groups in total. The maximum atomic E-state index is 12.3. The van der Waals surface area contributed by atoms with Crippen molar-refractivity contribution in [3.63, 3.8) is 0 Å². The van der Waals surface area contributed by atoms with Gasteiger partial charge >= 0.3 is 0 Å². The molecule has 0 saturated carbocycles. The summed E-state index contributed by atoms with van der Waals surface area (Å²) in [5.41, 5.74) is 0. The molecule has 1 atom stereocenters. The van der Waals surface area contributed by atoms with Crippen molar-refractivity contribution in [2.45, 2.75) is 24.8 Å². The number of hydrogen-bond donors (Lipinski definition) is 2. The molecule has 0 bridgehead atoms. The lowest BCUT2D eigenvalue weighted by molar-refractivity contribution is 0.545. The maximum absolute atomic E-state index is 12.3. The van der Waals surface area contributed by atoms with Gasteiger partial charge in [0.15, 0.2) is 0 Å². The van der Waals surface area contributed by atoms with Crippen LogP contribution in [0.25, 0.3) is 0 Å². The Balaban J connectivity index is 2.05. The van der Waals surface area contributed by atoms with Gasteiger partial charge in [-0.15, -0.1) is 11.3 Å². The van der Waals surface area contributed by atoms with E-state index in [2.05, 4.69) is 10.0 Å². The molecule has 0 spiro atoms. The van der Waals surface area contributed by atoms with E-state index in [1.165, 1.54) is 11.3 Å². The number of rotatable bonds is 6. The molecule has 1 aromatic rings. The molecule has 0 aliphatic carbocycles. The van der Waals surface area contributed by atoms with E-state index in [0.717, 1.165) is 27.7 Å². The first-order valence-corrected chi connectivity index (χ1v) is 9.79. The smallest absolute Gasteiger partial charge is 0.241 e. The lowest BCUT2D eigenvalue weighted by atomic mass is 10.1. The van der Waals surface area contributed by atoms with Crippen molar-refractivity contribution >= 4 is 33.1 Å². The fourth-order valence-electron chi connectivity index (χ4n) is 2.10. The molecule has 1 unspecified atom stereocenters. The molecule has 7 heteroatoms. The average molecular weight is 321 g/mol. The van der Waals surface area contributed by atoms with Gasteiger partial charge in [0.05, 0.1) is 4.90 Å². The largest absolute Gasteiger partial charge is 0.315 e. The minimum absolute atomic E-state index is 0.438. The number of hydrogen-bond acceptors (Lipinski definition) is 5. The van der Waals surface area contributed by atoms with Crippen molar-refractivity contribution in [3.05, 3.63) is 15.8 Å². The first kappa shape index (κ1) is 15.3. The summed E-state index contributed by atoms with van der Waals surface area (Å²) in [6.45, 7) is 3.14. The van der Waals surface area contributed by atoms with Gasteiger partial charge in [0.1, 0.15) is 0 Å². The van der Waals surface area contributed by atoms with Crippen LogP contribution in [0.15, 0.2) is 11.0 Å². The highest BCUT2D eigenvalue weighted by Gasteiger charge is 2.22. The highest BCUT2D eigenvalue weighted by atomic mass is 32.2. The van der Waals surface area contributed by atoms with Crippen LogP contribution in [0.5, 0.6) is 0 Å². The molecule has 19 heavy (non-hydrogen) atoms. The van der Waals surface area contributed by atoms with E-state index in [0.29, 0.717) is 23.9 Å². The van der Waals surface area contributed by atoms with E-state index >= 15 is 0 Å². The second kappa shape index (κ2) is 6.58. The molecular formula is C12H20N2O2S3. The van der Waals surface area contributed by atoms with E-state index in [1.54, 1.807) is 6.07 Å². The third-order valence-corrected chi connectivity index (χ3v) is 7.11. The summed E-state index contributed by atoms with van der Waals surface area (Å²) in [7, 11) is -1.49. The van der Waals surface area contributed by atoms with Crippen LogP contribution in [0, 0.1) is 12.8 Å². The predicted octanol–water partition coefficient (Wildman–Crippen LogP) is 1.81. The maximum Gasteiger partial charge on any atom is 0.241 e. The van der Waals surface area contributed by atoms with E-state index in [4.69, 9.17) is 0 Å². The number of thioether (sulfide) groups is 1. The molecule has 2 heterocycles.